The molecule has 0 saturated carbocycles. The van der Waals surface area contributed by atoms with Crippen LogP contribution in [0.25, 0.3) is 11.1 Å². The van der Waals surface area contributed by atoms with Gasteiger partial charge in [-0.05, 0) is 29.3 Å². The largest absolute Gasteiger partial charge is 0.573 e. The van der Waals surface area contributed by atoms with Crippen LogP contribution in [0.15, 0.2) is 42.5 Å². The van der Waals surface area contributed by atoms with Crippen molar-refractivity contribution in [1.29, 1.82) is 0 Å². The molecule has 3 nitrogen and oxygen atoms in total. The number of halogens is 4. The van der Waals surface area contributed by atoms with Crippen molar-refractivity contribution in [2.75, 3.05) is 0 Å². The van der Waals surface area contributed by atoms with Gasteiger partial charge in [0.25, 0.3) is 5.91 Å². The first-order valence-electron chi connectivity index (χ1n) is 5.72. The molecule has 110 valence electrons. The number of carbonyl (C=O) groups excluding carboxylic acids is 1. The molecule has 2 aromatic carbocycles. The maximum atomic E-state index is 13.6. The Morgan fingerprint density at radius 2 is 1.76 bits per heavy atom. The lowest BCUT2D eigenvalue weighted by molar-refractivity contribution is -0.274. The molecule has 7 heteroatoms. The summed E-state index contributed by atoms with van der Waals surface area (Å²) in [4.78, 5) is 11.3. The van der Waals surface area contributed by atoms with Gasteiger partial charge < -0.3 is 10.5 Å². The molecule has 0 aliphatic heterocycles. The third kappa shape index (κ3) is 3.50. The highest BCUT2D eigenvalue weighted by molar-refractivity contribution is 6.00. The van der Waals surface area contributed by atoms with E-state index in [4.69, 9.17) is 5.73 Å². The van der Waals surface area contributed by atoms with Gasteiger partial charge in [-0.1, -0.05) is 24.3 Å². The molecule has 0 unspecified atom stereocenters. The van der Waals surface area contributed by atoms with Gasteiger partial charge in [-0.3, -0.25) is 4.79 Å². The van der Waals surface area contributed by atoms with Crippen LogP contribution in [-0.4, -0.2) is 12.3 Å². The van der Waals surface area contributed by atoms with Crippen molar-refractivity contribution in [1.82, 2.24) is 0 Å². The number of hydrogen-bond acceptors (Lipinski definition) is 2. The summed E-state index contributed by atoms with van der Waals surface area (Å²) < 4.78 is 54.0. The summed E-state index contributed by atoms with van der Waals surface area (Å²) in [5.74, 6) is -2.33. The van der Waals surface area contributed by atoms with E-state index < -0.39 is 23.8 Å². The van der Waals surface area contributed by atoms with Crippen LogP contribution in [-0.2, 0) is 0 Å². The molecule has 1 amide bonds. The summed E-state index contributed by atoms with van der Waals surface area (Å²) in [5.41, 5.74) is 4.99. The smallest absolute Gasteiger partial charge is 0.406 e. The van der Waals surface area contributed by atoms with E-state index in [9.17, 15) is 22.4 Å². The second-order valence-corrected chi connectivity index (χ2v) is 4.10. The summed E-state index contributed by atoms with van der Waals surface area (Å²) in [7, 11) is 0. The van der Waals surface area contributed by atoms with E-state index in [2.05, 4.69) is 4.74 Å². The van der Waals surface area contributed by atoms with E-state index in [1.807, 2.05) is 0 Å². The highest BCUT2D eigenvalue weighted by Crippen LogP contribution is 2.30. The van der Waals surface area contributed by atoms with E-state index >= 15 is 0 Å². The second kappa shape index (κ2) is 5.43. The predicted molar refractivity (Wildman–Crippen MR) is 67.0 cm³/mol. The number of benzene rings is 2. The first-order chi connectivity index (χ1) is 9.78. The Morgan fingerprint density at radius 1 is 1.10 bits per heavy atom. The lowest BCUT2D eigenvalue weighted by atomic mass is 9.98. The van der Waals surface area contributed by atoms with Crippen LogP contribution in [0.2, 0.25) is 0 Å². The van der Waals surface area contributed by atoms with Crippen LogP contribution in [0.5, 0.6) is 5.75 Å². The molecule has 2 aromatic rings. The Kier molecular flexibility index (Phi) is 3.84. The average molecular weight is 299 g/mol. The lowest BCUT2D eigenvalue weighted by Crippen LogP contribution is -2.17. The highest BCUT2D eigenvalue weighted by atomic mass is 19.4. The number of alkyl halides is 3. The van der Waals surface area contributed by atoms with Crippen LogP contribution < -0.4 is 10.5 Å². The van der Waals surface area contributed by atoms with Gasteiger partial charge in [0.05, 0.1) is 5.56 Å². The molecular weight excluding hydrogens is 290 g/mol. The van der Waals surface area contributed by atoms with Gasteiger partial charge in [-0.25, -0.2) is 4.39 Å². The zero-order chi connectivity index (χ0) is 15.6. The third-order valence-electron chi connectivity index (χ3n) is 2.64. The summed E-state index contributed by atoms with van der Waals surface area (Å²) in [6.07, 6.45) is -4.84. The van der Waals surface area contributed by atoms with E-state index in [0.29, 0.717) is 0 Å². The molecule has 2 N–H and O–H groups in total. The molecule has 2 rings (SSSR count). The fraction of sp³-hybridized carbons (Fsp3) is 0.0714. The minimum Gasteiger partial charge on any atom is -0.406 e. The number of primary amides is 1. The lowest BCUT2D eigenvalue weighted by Gasteiger charge is -2.12. The second-order valence-electron chi connectivity index (χ2n) is 4.10. The van der Waals surface area contributed by atoms with Gasteiger partial charge in [0, 0.05) is 0 Å². The number of amides is 1. The van der Waals surface area contributed by atoms with Crippen LogP contribution in [0.4, 0.5) is 17.6 Å². The van der Waals surface area contributed by atoms with Crippen molar-refractivity contribution in [2.45, 2.75) is 6.36 Å². The molecule has 0 aromatic heterocycles. The molecule has 0 aliphatic carbocycles. The van der Waals surface area contributed by atoms with Crippen molar-refractivity contribution in [2.24, 2.45) is 5.73 Å². The maximum Gasteiger partial charge on any atom is 0.573 e. The first-order valence-corrected chi connectivity index (χ1v) is 5.72. The molecule has 0 heterocycles. The molecule has 0 fully saturated rings. The molecule has 0 bridgehead atoms. The summed E-state index contributed by atoms with van der Waals surface area (Å²) >= 11 is 0. The maximum absolute atomic E-state index is 13.6. The minimum absolute atomic E-state index is 0.0927. The Morgan fingerprint density at radius 3 is 2.38 bits per heavy atom. The quantitative estimate of drug-likeness (QED) is 0.882. The minimum atomic E-state index is -4.84. The molecule has 0 radical (unpaired) electrons. The number of carbonyl (C=O) groups is 1. The molecule has 0 saturated heterocycles. The van der Waals surface area contributed by atoms with Crippen LogP contribution in [0.3, 0.4) is 0 Å². The van der Waals surface area contributed by atoms with Crippen molar-refractivity contribution in [3.8, 4) is 16.9 Å². The monoisotopic (exact) mass is 299 g/mol. The Labute approximate surface area is 116 Å². The van der Waals surface area contributed by atoms with Crippen molar-refractivity contribution < 1.29 is 27.1 Å². The predicted octanol–water partition coefficient (Wildman–Crippen LogP) is 3.49. The number of ether oxygens (including phenoxy) is 1. The van der Waals surface area contributed by atoms with Gasteiger partial charge in [-0.2, -0.15) is 0 Å². The Bertz CT molecular complexity index is 683. The van der Waals surface area contributed by atoms with Crippen LogP contribution in [0, 0.1) is 5.82 Å². The highest BCUT2D eigenvalue weighted by Gasteiger charge is 2.31. The topological polar surface area (TPSA) is 52.3 Å². The zero-order valence-corrected chi connectivity index (χ0v) is 10.4. The van der Waals surface area contributed by atoms with Crippen LogP contribution >= 0.6 is 0 Å². The number of nitrogens with two attached hydrogens (primary N) is 1. The van der Waals surface area contributed by atoms with Crippen molar-refractivity contribution >= 4 is 5.91 Å². The number of hydrogen-bond donors (Lipinski definition) is 1. The van der Waals surface area contributed by atoms with Gasteiger partial charge in [0.2, 0.25) is 0 Å². The summed E-state index contributed by atoms with van der Waals surface area (Å²) in [6, 6.07) is 8.62. The molecular formula is C14H9F4NO2. The first kappa shape index (κ1) is 14.8. The Balaban J connectivity index is 2.51. The fourth-order valence-electron chi connectivity index (χ4n) is 1.88. The molecule has 21 heavy (non-hydrogen) atoms. The van der Waals surface area contributed by atoms with E-state index in [1.54, 1.807) is 0 Å². The van der Waals surface area contributed by atoms with Gasteiger partial charge >= 0.3 is 6.36 Å². The summed E-state index contributed by atoms with van der Waals surface area (Å²) in [5, 5.41) is 0. The standard InChI is InChI=1S/C14H9F4NO2/c15-11-6-2-5-10(12(11)13(19)20)8-3-1-4-9(7-8)21-14(16,17)18/h1-7H,(H2,19,20). The molecule has 0 spiro atoms. The van der Waals surface area contributed by atoms with Crippen LogP contribution in [0.1, 0.15) is 10.4 Å². The summed E-state index contributed by atoms with van der Waals surface area (Å²) in [6.45, 7) is 0. The number of rotatable bonds is 3. The normalized spacial score (nSPS) is 11.2. The van der Waals surface area contributed by atoms with Crippen molar-refractivity contribution in [3.63, 3.8) is 0 Å². The molecule has 0 atom stereocenters. The van der Waals surface area contributed by atoms with Gasteiger partial charge in [0.15, 0.2) is 0 Å². The average Bonchev–Trinajstić information content (AvgIpc) is 2.36. The van der Waals surface area contributed by atoms with E-state index in [-0.39, 0.29) is 16.7 Å². The Hall–Kier alpha value is -2.57. The third-order valence-corrected chi connectivity index (χ3v) is 2.64. The van der Waals surface area contributed by atoms with E-state index in [1.165, 1.54) is 24.3 Å². The fourth-order valence-corrected chi connectivity index (χ4v) is 1.88. The van der Waals surface area contributed by atoms with E-state index in [0.717, 1.165) is 18.2 Å². The van der Waals surface area contributed by atoms with Gasteiger partial charge in [-0.15, -0.1) is 13.2 Å². The SMILES string of the molecule is NC(=O)c1c(F)cccc1-c1cccc(OC(F)(F)F)c1. The van der Waals surface area contributed by atoms with Gasteiger partial charge in [0.1, 0.15) is 11.6 Å². The zero-order valence-electron chi connectivity index (χ0n) is 10.4. The van der Waals surface area contributed by atoms with Crippen molar-refractivity contribution in [3.05, 3.63) is 53.8 Å². The molecule has 0 aliphatic rings.